The van der Waals surface area contributed by atoms with Crippen LogP contribution >= 0.6 is 0 Å². The molecule has 2 aliphatic heterocycles. The molecule has 4 rings (SSSR count). The highest BCUT2D eigenvalue weighted by atomic mass is 16.5. The van der Waals surface area contributed by atoms with Crippen LogP contribution in [0.1, 0.15) is 25.3 Å². The van der Waals surface area contributed by atoms with Crippen LogP contribution in [0.3, 0.4) is 0 Å². The summed E-state index contributed by atoms with van der Waals surface area (Å²) < 4.78 is 5.44. The van der Waals surface area contributed by atoms with E-state index in [0.29, 0.717) is 6.04 Å². The van der Waals surface area contributed by atoms with E-state index in [1.165, 1.54) is 24.1 Å². The molecule has 5 nitrogen and oxygen atoms in total. The molecule has 21 heavy (non-hydrogen) atoms. The van der Waals surface area contributed by atoms with E-state index in [0.717, 1.165) is 26.3 Å². The maximum Gasteiger partial charge on any atom is 0.0848 e. The third kappa shape index (κ3) is 2.16. The zero-order valence-corrected chi connectivity index (χ0v) is 12.5. The molecule has 0 aromatic heterocycles. The topological polar surface area (TPSA) is 40.1 Å². The lowest BCUT2D eigenvalue weighted by atomic mass is 9.87. The molecule has 1 aliphatic carbocycles. The Kier molecular flexibility index (Phi) is 3.21. The summed E-state index contributed by atoms with van der Waals surface area (Å²) in [7, 11) is 0. The molecule has 0 amide bonds. The highest BCUT2D eigenvalue weighted by molar-refractivity contribution is 6.01. The summed E-state index contributed by atoms with van der Waals surface area (Å²) in [5, 5.41) is 9.19. The van der Waals surface area contributed by atoms with Gasteiger partial charge in [-0.15, -0.1) is 5.12 Å². The maximum absolute atomic E-state index is 5.44. The second-order valence-electron chi connectivity index (χ2n) is 6.13. The molecule has 0 radical (unpaired) electrons. The number of nitrogens with one attached hydrogen (secondary N) is 1. The van der Waals surface area contributed by atoms with E-state index in [1.54, 1.807) is 0 Å². The summed E-state index contributed by atoms with van der Waals surface area (Å²) >= 11 is 0. The van der Waals surface area contributed by atoms with E-state index in [-0.39, 0.29) is 5.41 Å². The highest BCUT2D eigenvalue weighted by Crippen LogP contribution is 2.51. The van der Waals surface area contributed by atoms with Crippen molar-refractivity contribution in [2.45, 2.75) is 31.2 Å². The average Bonchev–Trinajstić information content (AvgIpc) is 3.26. The van der Waals surface area contributed by atoms with Crippen LogP contribution in [-0.2, 0) is 10.2 Å². The standard InChI is InChI=1S/C16H22N4O/c1-13-15(16(7-8-16)14-5-3-2-4-6-14)17-18-20(13)19-9-11-21-12-10-19/h2-6,13,18H,7-12H2,1H3. The van der Waals surface area contributed by atoms with Gasteiger partial charge in [-0.1, -0.05) is 30.3 Å². The molecule has 3 aliphatic rings. The number of hydrazine groups is 2. The minimum absolute atomic E-state index is 0.161. The Balaban J connectivity index is 1.54. The number of morpholine rings is 1. The number of hydrogen-bond acceptors (Lipinski definition) is 5. The molecule has 5 heteroatoms. The third-order valence-electron chi connectivity index (χ3n) is 4.89. The van der Waals surface area contributed by atoms with Gasteiger partial charge in [-0.05, 0) is 25.3 Å². The van der Waals surface area contributed by atoms with Crippen molar-refractivity contribution in [2.75, 3.05) is 26.3 Å². The van der Waals surface area contributed by atoms with Crippen LogP contribution in [0.5, 0.6) is 0 Å². The maximum atomic E-state index is 5.44. The summed E-state index contributed by atoms with van der Waals surface area (Å²) in [5.41, 5.74) is 6.08. The normalized spacial score (nSPS) is 29.0. The van der Waals surface area contributed by atoms with Crippen LogP contribution in [-0.4, -0.2) is 48.2 Å². The van der Waals surface area contributed by atoms with E-state index < -0.39 is 0 Å². The Labute approximate surface area is 125 Å². The molecule has 1 saturated carbocycles. The van der Waals surface area contributed by atoms with Gasteiger partial charge in [0.05, 0.1) is 25.0 Å². The number of ether oxygens (including phenoxy) is 1. The van der Waals surface area contributed by atoms with E-state index in [9.17, 15) is 0 Å². The zero-order valence-electron chi connectivity index (χ0n) is 12.5. The summed E-state index contributed by atoms with van der Waals surface area (Å²) in [6.45, 7) is 5.70. The van der Waals surface area contributed by atoms with Gasteiger partial charge in [-0.3, -0.25) is 0 Å². The quantitative estimate of drug-likeness (QED) is 0.915. The van der Waals surface area contributed by atoms with Crippen molar-refractivity contribution in [3.63, 3.8) is 0 Å². The predicted molar refractivity (Wildman–Crippen MR) is 81.6 cm³/mol. The van der Waals surface area contributed by atoms with Crippen molar-refractivity contribution < 1.29 is 4.74 Å². The van der Waals surface area contributed by atoms with Crippen LogP contribution in [0.2, 0.25) is 0 Å². The molecule has 2 fully saturated rings. The number of hydrogen-bond donors (Lipinski definition) is 1. The van der Waals surface area contributed by atoms with Gasteiger partial charge in [-0.2, -0.15) is 5.10 Å². The second-order valence-corrected chi connectivity index (χ2v) is 6.13. The van der Waals surface area contributed by atoms with Crippen LogP contribution < -0.4 is 5.53 Å². The van der Waals surface area contributed by atoms with Gasteiger partial charge in [0.2, 0.25) is 0 Å². The minimum Gasteiger partial charge on any atom is -0.379 e. The van der Waals surface area contributed by atoms with Gasteiger partial charge in [0, 0.05) is 18.5 Å². The summed E-state index contributed by atoms with van der Waals surface area (Å²) in [6, 6.07) is 11.1. The lowest BCUT2D eigenvalue weighted by molar-refractivity contribution is -0.121. The van der Waals surface area contributed by atoms with Gasteiger partial charge < -0.3 is 4.74 Å². The molecule has 1 unspecified atom stereocenters. The summed E-state index contributed by atoms with van der Waals surface area (Å²) in [6.07, 6.45) is 2.41. The first kappa shape index (κ1) is 13.2. The molecule has 1 aromatic carbocycles. The van der Waals surface area contributed by atoms with E-state index >= 15 is 0 Å². The van der Waals surface area contributed by atoms with Crippen molar-refractivity contribution in [1.29, 1.82) is 0 Å². The fourth-order valence-electron chi connectivity index (χ4n) is 3.56. The molecule has 1 saturated heterocycles. The van der Waals surface area contributed by atoms with Crippen LogP contribution in [0.15, 0.2) is 35.4 Å². The van der Waals surface area contributed by atoms with Crippen molar-refractivity contribution in [2.24, 2.45) is 5.10 Å². The Morgan fingerprint density at radius 3 is 2.57 bits per heavy atom. The Morgan fingerprint density at radius 2 is 1.90 bits per heavy atom. The molecule has 1 aromatic rings. The highest BCUT2D eigenvalue weighted by Gasteiger charge is 2.53. The van der Waals surface area contributed by atoms with Crippen LogP contribution in [0.25, 0.3) is 0 Å². The molecule has 0 bridgehead atoms. The van der Waals surface area contributed by atoms with E-state index in [2.05, 4.69) is 52.9 Å². The average molecular weight is 286 g/mol. The van der Waals surface area contributed by atoms with Gasteiger partial charge >= 0.3 is 0 Å². The number of rotatable bonds is 3. The number of nitrogens with zero attached hydrogens (tertiary/aromatic N) is 3. The monoisotopic (exact) mass is 286 g/mol. The lowest BCUT2D eigenvalue weighted by Crippen LogP contribution is -2.56. The van der Waals surface area contributed by atoms with Crippen molar-refractivity contribution >= 4 is 5.71 Å². The lowest BCUT2D eigenvalue weighted by Gasteiger charge is -2.36. The summed E-state index contributed by atoms with van der Waals surface area (Å²) in [5.74, 6) is 0. The molecule has 112 valence electrons. The van der Waals surface area contributed by atoms with Crippen LogP contribution in [0, 0.1) is 0 Å². The molecule has 1 N–H and O–H groups in total. The minimum atomic E-state index is 0.161. The molecular formula is C16H22N4O. The molecule has 0 spiro atoms. The Morgan fingerprint density at radius 1 is 1.19 bits per heavy atom. The molecular weight excluding hydrogens is 264 g/mol. The van der Waals surface area contributed by atoms with Gasteiger partial charge in [0.1, 0.15) is 0 Å². The predicted octanol–water partition coefficient (Wildman–Crippen LogP) is 1.53. The second kappa shape index (κ2) is 5.09. The fourth-order valence-corrected chi connectivity index (χ4v) is 3.56. The smallest absolute Gasteiger partial charge is 0.0848 e. The number of benzene rings is 1. The van der Waals surface area contributed by atoms with Crippen molar-refractivity contribution in [3.8, 4) is 0 Å². The Bertz CT molecular complexity index is 534. The Hall–Kier alpha value is -1.43. The third-order valence-corrected chi connectivity index (χ3v) is 4.89. The van der Waals surface area contributed by atoms with Crippen molar-refractivity contribution in [3.05, 3.63) is 35.9 Å². The van der Waals surface area contributed by atoms with Gasteiger partial charge in [-0.25, -0.2) is 10.5 Å². The first-order valence-electron chi connectivity index (χ1n) is 7.82. The van der Waals surface area contributed by atoms with Crippen LogP contribution in [0.4, 0.5) is 0 Å². The van der Waals surface area contributed by atoms with Crippen molar-refractivity contribution in [1.82, 2.24) is 15.7 Å². The number of hydrazone groups is 1. The van der Waals surface area contributed by atoms with E-state index in [4.69, 9.17) is 9.84 Å². The fraction of sp³-hybridized carbons (Fsp3) is 0.562. The first-order chi connectivity index (χ1) is 10.3. The first-order valence-corrected chi connectivity index (χ1v) is 7.82. The molecule has 2 heterocycles. The molecule has 1 atom stereocenters. The SMILES string of the molecule is CC1C(C2(c3ccccc3)CC2)=NNN1N1CCOCC1. The zero-order chi connectivity index (χ0) is 14.3. The largest absolute Gasteiger partial charge is 0.379 e. The summed E-state index contributed by atoms with van der Waals surface area (Å²) in [4.78, 5) is 0. The van der Waals surface area contributed by atoms with Gasteiger partial charge in [0.25, 0.3) is 0 Å². The van der Waals surface area contributed by atoms with Gasteiger partial charge in [0.15, 0.2) is 0 Å². The van der Waals surface area contributed by atoms with E-state index in [1.807, 2.05) is 0 Å².